The molecule has 1 N–H and O–H groups in total. The van der Waals surface area contributed by atoms with E-state index in [2.05, 4.69) is 0 Å². The second-order valence-corrected chi connectivity index (χ2v) is 4.09. The minimum absolute atomic E-state index is 0.336. The van der Waals surface area contributed by atoms with Crippen LogP contribution in [-0.4, -0.2) is 35.2 Å². The Morgan fingerprint density at radius 3 is 3.06 bits per heavy atom. The quantitative estimate of drug-likeness (QED) is 0.849. The summed E-state index contributed by atoms with van der Waals surface area (Å²) < 4.78 is 18.6. The summed E-state index contributed by atoms with van der Waals surface area (Å²) in [5.41, 5.74) is 0.690. The zero-order chi connectivity index (χ0) is 12.4. The normalized spacial score (nSPS) is 17.8. The lowest BCUT2D eigenvalue weighted by atomic mass is 10.1. The largest absolute Gasteiger partial charge is 0.492 e. The van der Waals surface area contributed by atoms with Crippen LogP contribution in [0.4, 0.5) is 4.39 Å². The highest BCUT2D eigenvalue weighted by Gasteiger charge is 2.24. The lowest BCUT2D eigenvalue weighted by Gasteiger charge is -2.23. The van der Waals surface area contributed by atoms with E-state index >= 15 is 0 Å². The summed E-state index contributed by atoms with van der Waals surface area (Å²) >= 11 is 0. The Morgan fingerprint density at radius 1 is 1.59 bits per heavy atom. The van der Waals surface area contributed by atoms with E-state index < -0.39 is 12.0 Å². The van der Waals surface area contributed by atoms with Gasteiger partial charge in [0.1, 0.15) is 24.2 Å². The third-order valence-electron chi connectivity index (χ3n) is 2.94. The standard InChI is InChI=1S/C12H14FNO3/c1-8(12(15)16)14-4-5-17-11-3-2-10(13)6-9(11)7-14/h2-3,6,8H,4-5,7H2,1H3,(H,15,16)/t8-/m1/s1. The van der Waals surface area contributed by atoms with Crippen LogP contribution < -0.4 is 4.74 Å². The number of ether oxygens (including phenoxy) is 1. The molecule has 0 bridgehead atoms. The number of nitrogens with zero attached hydrogens (tertiary/aromatic N) is 1. The molecule has 1 atom stereocenters. The first-order valence-corrected chi connectivity index (χ1v) is 5.46. The molecule has 0 fully saturated rings. The summed E-state index contributed by atoms with van der Waals surface area (Å²) in [4.78, 5) is 12.7. The van der Waals surface area contributed by atoms with Crippen molar-refractivity contribution in [2.45, 2.75) is 19.5 Å². The first kappa shape index (κ1) is 11.9. The Kier molecular flexibility index (Phi) is 3.28. The van der Waals surface area contributed by atoms with Gasteiger partial charge in [-0.05, 0) is 25.1 Å². The lowest BCUT2D eigenvalue weighted by Crippen LogP contribution is -2.39. The highest BCUT2D eigenvalue weighted by molar-refractivity contribution is 5.72. The fourth-order valence-electron chi connectivity index (χ4n) is 1.87. The van der Waals surface area contributed by atoms with E-state index in [0.29, 0.717) is 31.0 Å². The van der Waals surface area contributed by atoms with Crippen molar-refractivity contribution in [1.29, 1.82) is 0 Å². The number of fused-ring (bicyclic) bond motifs is 1. The summed E-state index contributed by atoms with van der Waals surface area (Å²) in [7, 11) is 0. The molecule has 4 nitrogen and oxygen atoms in total. The van der Waals surface area contributed by atoms with Gasteiger partial charge in [-0.15, -0.1) is 0 Å². The molecule has 0 spiro atoms. The predicted molar refractivity (Wildman–Crippen MR) is 59.4 cm³/mol. The summed E-state index contributed by atoms with van der Waals surface area (Å²) in [5.74, 6) is -0.589. The average molecular weight is 239 g/mol. The van der Waals surface area contributed by atoms with Crippen molar-refractivity contribution in [3.8, 4) is 5.75 Å². The maximum Gasteiger partial charge on any atom is 0.320 e. The number of rotatable bonds is 2. The number of carboxylic acids is 1. The Bertz CT molecular complexity index is 436. The molecular weight excluding hydrogens is 225 g/mol. The van der Waals surface area contributed by atoms with Crippen molar-refractivity contribution in [2.75, 3.05) is 13.2 Å². The molecule has 1 aromatic carbocycles. The Balaban J connectivity index is 2.24. The third-order valence-corrected chi connectivity index (χ3v) is 2.94. The van der Waals surface area contributed by atoms with Gasteiger partial charge >= 0.3 is 5.97 Å². The number of carbonyl (C=O) groups is 1. The Labute approximate surface area is 98.6 Å². The fourth-order valence-corrected chi connectivity index (χ4v) is 1.87. The zero-order valence-corrected chi connectivity index (χ0v) is 9.52. The topological polar surface area (TPSA) is 49.8 Å². The van der Waals surface area contributed by atoms with E-state index in [9.17, 15) is 9.18 Å². The molecular formula is C12H14FNO3. The van der Waals surface area contributed by atoms with Crippen LogP contribution >= 0.6 is 0 Å². The van der Waals surface area contributed by atoms with Crippen LogP contribution in [0.25, 0.3) is 0 Å². The predicted octanol–water partition coefficient (Wildman–Crippen LogP) is 1.49. The van der Waals surface area contributed by atoms with Gasteiger partial charge in [0, 0.05) is 18.7 Å². The molecule has 0 saturated heterocycles. The van der Waals surface area contributed by atoms with Crippen molar-refractivity contribution in [3.05, 3.63) is 29.6 Å². The molecule has 1 aromatic rings. The van der Waals surface area contributed by atoms with Crippen molar-refractivity contribution in [3.63, 3.8) is 0 Å². The average Bonchev–Trinajstić information content (AvgIpc) is 2.49. The van der Waals surface area contributed by atoms with E-state index in [1.54, 1.807) is 17.9 Å². The number of benzene rings is 1. The maximum absolute atomic E-state index is 13.1. The lowest BCUT2D eigenvalue weighted by molar-refractivity contribution is -0.142. The van der Waals surface area contributed by atoms with Crippen molar-refractivity contribution in [1.82, 2.24) is 4.90 Å². The van der Waals surface area contributed by atoms with Gasteiger partial charge in [0.15, 0.2) is 0 Å². The molecule has 0 radical (unpaired) electrons. The molecule has 0 aromatic heterocycles. The van der Waals surface area contributed by atoms with Crippen LogP contribution in [0.15, 0.2) is 18.2 Å². The van der Waals surface area contributed by atoms with Crippen LogP contribution in [0, 0.1) is 5.82 Å². The van der Waals surface area contributed by atoms with Gasteiger partial charge in [0.25, 0.3) is 0 Å². The fraction of sp³-hybridized carbons (Fsp3) is 0.417. The van der Waals surface area contributed by atoms with Gasteiger partial charge in [-0.1, -0.05) is 0 Å². The third kappa shape index (κ3) is 2.55. The van der Waals surface area contributed by atoms with Crippen LogP contribution in [0.1, 0.15) is 12.5 Å². The van der Waals surface area contributed by atoms with Gasteiger partial charge in [-0.25, -0.2) is 4.39 Å². The maximum atomic E-state index is 13.1. The van der Waals surface area contributed by atoms with Crippen LogP contribution in [0.2, 0.25) is 0 Å². The minimum atomic E-state index is -0.884. The number of aliphatic carboxylic acids is 1. The molecule has 0 amide bonds. The van der Waals surface area contributed by atoms with Gasteiger partial charge in [0.05, 0.1) is 0 Å². The van der Waals surface area contributed by atoms with Crippen LogP contribution in [-0.2, 0) is 11.3 Å². The van der Waals surface area contributed by atoms with Crippen molar-refractivity contribution < 1.29 is 19.0 Å². The molecule has 1 aliphatic heterocycles. The number of hydrogen-bond donors (Lipinski definition) is 1. The zero-order valence-electron chi connectivity index (χ0n) is 9.52. The summed E-state index contributed by atoms with van der Waals surface area (Å²) in [6.07, 6.45) is 0. The minimum Gasteiger partial charge on any atom is -0.492 e. The van der Waals surface area contributed by atoms with E-state index in [1.165, 1.54) is 12.1 Å². The van der Waals surface area contributed by atoms with Crippen LogP contribution in [0.3, 0.4) is 0 Å². The molecule has 0 aliphatic carbocycles. The molecule has 92 valence electrons. The summed E-state index contributed by atoms with van der Waals surface area (Å²) in [6.45, 7) is 2.94. The van der Waals surface area contributed by atoms with Crippen molar-refractivity contribution >= 4 is 5.97 Å². The van der Waals surface area contributed by atoms with Gasteiger partial charge in [-0.3, -0.25) is 9.69 Å². The molecule has 5 heteroatoms. The number of halogens is 1. The summed E-state index contributed by atoms with van der Waals surface area (Å²) in [6, 6.07) is 3.71. The van der Waals surface area contributed by atoms with Crippen LogP contribution in [0.5, 0.6) is 5.75 Å². The molecule has 0 unspecified atom stereocenters. The highest BCUT2D eigenvalue weighted by atomic mass is 19.1. The Morgan fingerprint density at radius 2 is 2.35 bits per heavy atom. The molecule has 0 saturated carbocycles. The van der Waals surface area contributed by atoms with Gasteiger partial charge in [-0.2, -0.15) is 0 Å². The molecule has 17 heavy (non-hydrogen) atoms. The first-order chi connectivity index (χ1) is 8.08. The first-order valence-electron chi connectivity index (χ1n) is 5.46. The van der Waals surface area contributed by atoms with E-state index in [-0.39, 0.29) is 5.82 Å². The van der Waals surface area contributed by atoms with Gasteiger partial charge in [0.2, 0.25) is 0 Å². The molecule has 1 aliphatic rings. The number of carboxylic acid groups (broad SMARTS) is 1. The van der Waals surface area contributed by atoms with E-state index in [4.69, 9.17) is 9.84 Å². The monoisotopic (exact) mass is 239 g/mol. The smallest absolute Gasteiger partial charge is 0.320 e. The second-order valence-electron chi connectivity index (χ2n) is 4.09. The molecule has 2 rings (SSSR count). The highest BCUT2D eigenvalue weighted by Crippen LogP contribution is 2.24. The molecule has 1 heterocycles. The number of hydrogen-bond acceptors (Lipinski definition) is 3. The second kappa shape index (κ2) is 4.71. The van der Waals surface area contributed by atoms with Crippen molar-refractivity contribution in [2.24, 2.45) is 0 Å². The Hall–Kier alpha value is -1.62. The van der Waals surface area contributed by atoms with Gasteiger partial charge < -0.3 is 9.84 Å². The SMILES string of the molecule is C[C@H](C(=O)O)N1CCOc2ccc(F)cc2C1. The summed E-state index contributed by atoms with van der Waals surface area (Å²) in [5, 5.41) is 8.97. The van der Waals surface area contributed by atoms with E-state index in [0.717, 1.165) is 0 Å². The van der Waals surface area contributed by atoms with E-state index in [1.807, 2.05) is 0 Å².